The molecule has 1 atom stereocenters. The topological polar surface area (TPSA) is 76.9 Å². The minimum Gasteiger partial charge on any atom is -0.324 e. The number of hydrogen-bond donors (Lipinski definition) is 1. The van der Waals surface area contributed by atoms with Crippen LogP contribution >= 0.6 is 23.2 Å². The zero-order chi connectivity index (χ0) is 17.3. The van der Waals surface area contributed by atoms with Crippen molar-refractivity contribution in [1.29, 1.82) is 0 Å². The fourth-order valence-electron chi connectivity index (χ4n) is 2.19. The van der Waals surface area contributed by atoms with Crippen LogP contribution in [0.3, 0.4) is 0 Å². The lowest BCUT2D eigenvalue weighted by Gasteiger charge is -2.14. The molecule has 0 spiro atoms. The molecule has 0 radical (unpaired) electrons. The molecule has 3 rings (SSSR count). The molecular formula is C16H12Cl2N4O2. The number of rotatable bonds is 3. The third-order valence-electron chi connectivity index (χ3n) is 3.52. The zero-order valence-electron chi connectivity index (χ0n) is 12.5. The van der Waals surface area contributed by atoms with Crippen LogP contribution in [0.25, 0.3) is 10.9 Å². The second-order valence-corrected chi connectivity index (χ2v) is 5.96. The summed E-state index contributed by atoms with van der Waals surface area (Å²) < 4.78 is 1.05. The van der Waals surface area contributed by atoms with E-state index in [2.05, 4.69) is 15.6 Å². The van der Waals surface area contributed by atoms with E-state index in [1.807, 2.05) is 0 Å². The number of amides is 1. The van der Waals surface area contributed by atoms with E-state index in [-0.39, 0.29) is 5.56 Å². The Labute approximate surface area is 147 Å². The average molecular weight is 363 g/mol. The first-order valence-electron chi connectivity index (χ1n) is 7.07. The highest BCUT2D eigenvalue weighted by atomic mass is 35.5. The Balaban J connectivity index is 1.89. The molecule has 0 saturated carbocycles. The number of aromatic nitrogens is 3. The maximum absolute atomic E-state index is 12.5. The minimum atomic E-state index is -0.843. The minimum absolute atomic E-state index is 0.324. The number of benzene rings is 2. The van der Waals surface area contributed by atoms with Crippen molar-refractivity contribution in [3.63, 3.8) is 0 Å². The number of fused-ring (bicyclic) bond motifs is 1. The predicted octanol–water partition coefficient (Wildman–Crippen LogP) is 3.30. The van der Waals surface area contributed by atoms with Gasteiger partial charge in [-0.1, -0.05) is 40.5 Å². The third kappa shape index (κ3) is 3.11. The number of hydrogen-bond acceptors (Lipinski definition) is 4. The molecule has 0 bridgehead atoms. The van der Waals surface area contributed by atoms with Gasteiger partial charge >= 0.3 is 0 Å². The summed E-state index contributed by atoms with van der Waals surface area (Å²) >= 11 is 11.8. The van der Waals surface area contributed by atoms with E-state index in [4.69, 9.17) is 23.2 Å². The standard InChI is InChI=1S/C16H12Cl2N4O2/c1-9(15(23)19-10-6-7-12(17)13(18)8-10)22-16(24)11-4-2-3-5-14(11)20-21-22/h2-9H,1H3,(H,19,23)/t9-/m0/s1. The monoisotopic (exact) mass is 362 g/mol. The summed E-state index contributed by atoms with van der Waals surface area (Å²) in [6, 6.07) is 10.7. The number of nitrogens with zero attached hydrogens (tertiary/aromatic N) is 3. The van der Waals surface area contributed by atoms with Gasteiger partial charge in [0.25, 0.3) is 5.56 Å². The maximum Gasteiger partial charge on any atom is 0.278 e. The summed E-state index contributed by atoms with van der Waals surface area (Å²) in [5, 5.41) is 11.6. The second kappa shape index (κ2) is 6.59. The Bertz CT molecular complexity index is 987. The molecule has 3 aromatic rings. The van der Waals surface area contributed by atoms with E-state index in [9.17, 15) is 9.59 Å². The van der Waals surface area contributed by atoms with E-state index >= 15 is 0 Å². The van der Waals surface area contributed by atoms with Gasteiger partial charge < -0.3 is 5.32 Å². The van der Waals surface area contributed by atoms with Crippen LogP contribution in [0.15, 0.2) is 47.3 Å². The molecule has 8 heteroatoms. The molecule has 6 nitrogen and oxygen atoms in total. The van der Waals surface area contributed by atoms with Crippen LogP contribution in [0, 0.1) is 0 Å². The van der Waals surface area contributed by atoms with Gasteiger partial charge in [0, 0.05) is 5.69 Å². The van der Waals surface area contributed by atoms with Gasteiger partial charge in [0.1, 0.15) is 11.6 Å². The Morgan fingerprint density at radius 3 is 2.67 bits per heavy atom. The van der Waals surface area contributed by atoms with E-state index in [0.29, 0.717) is 26.6 Å². The fourth-order valence-corrected chi connectivity index (χ4v) is 2.49. The number of carbonyl (C=O) groups is 1. The average Bonchev–Trinajstić information content (AvgIpc) is 2.58. The molecule has 1 aromatic heterocycles. The zero-order valence-corrected chi connectivity index (χ0v) is 14.0. The predicted molar refractivity (Wildman–Crippen MR) is 93.6 cm³/mol. The molecule has 0 unspecified atom stereocenters. The molecule has 2 aromatic carbocycles. The van der Waals surface area contributed by atoms with Crippen molar-refractivity contribution in [2.45, 2.75) is 13.0 Å². The summed E-state index contributed by atoms with van der Waals surface area (Å²) in [4.78, 5) is 24.9. The summed E-state index contributed by atoms with van der Waals surface area (Å²) in [5.41, 5.74) is 0.580. The SMILES string of the molecule is C[C@@H](C(=O)Nc1ccc(Cl)c(Cl)c1)n1nnc2ccccc2c1=O. The molecule has 1 heterocycles. The van der Waals surface area contributed by atoms with E-state index in [1.165, 1.54) is 6.07 Å². The second-order valence-electron chi connectivity index (χ2n) is 5.15. The molecule has 0 aliphatic heterocycles. The summed E-state index contributed by atoms with van der Waals surface area (Å²) in [6.07, 6.45) is 0. The molecule has 24 heavy (non-hydrogen) atoms. The van der Waals surface area contributed by atoms with Gasteiger partial charge in [-0.3, -0.25) is 9.59 Å². The first-order valence-corrected chi connectivity index (χ1v) is 7.83. The quantitative estimate of drug-likeness (QED) is 0.775. The Morgan fingerprint density at radius 2 is 1.92 bits per heavy atom. The highest BCUT2D eigenvalue weighted by Gasteiger charge is 2.19. The van der Waals surface area contributed by atoms with Crippen LogP contribution in [-0.4, -0.2) is 20.9 Å². The van der Waals surface area contributed by atoms with Crippen molar-refractivity contribution in [1.82, 2.24) is 15.0 Å². The van der Waals surface area contributed by atoms with Crippen molar-refractivity contribution < 1.29 is 4.79 Å². The molecule has 1 N–H and O–H groups in total. The van der Waals surface area contributed by atoms with E-state index in [1.54, 1.807) is 43.3 Å². The highest BCUT2D eigenvalue weighted by molar-refractivity contribution is 6.42. The van der Waals surface area contributed by atoms with Crippen LogP contribution in [0.4, 0.5) is 5.69 Å². The normalized spacial score (nSPS) is 12.1. The van der Waals surface area contributed by atoms with Gasteiger partial charge in [-0.05, 0) is 37.3 Å². The molecule has 0 fully saturated rings. The lowest BCUT2D eigenvalue weighted by atomic mass is 10.2. The number of nitrogens with one attached hydrogen (secondary N) is 1. The Kier molecular flexibility index (Phi) is 4.51. The van der Waals surface area contributed by atoms with Crippen molar-refractivity contribution in [2.75, 3.05) is 5.32 Å². The van der Waals surface area contributed by atoms with Crippen LogP contribution in [0.5, 0.6) is 0 Å². The maximum atomic E-state index is 12.5. The largest absolute Gasteiger partial charge is 0.324 e. The molecule has 0 saturated heterocycles. The first-order chi connectivity index (χ1) is 11.5. The van der Waals surface area contributed by atoms with Crippen molar-refractivity contribution in [3.05, 3.63) is 62.9 Å². The van der Waals surface area contributed by atoms with Crippen LogP contribution in [0.2, 0.25) is 10.0 Å². The van der Waals surface area contributed by atoms with Crippen LogP contribution in [0.1, 0.15) is 13.0 Å². The van der Waals surface area contributed by atoms with Crippen molar-refractivity contribution in [2.24, 2.45) is 0 Å². The van der Waals surface area contributed by atoms with Crippen LogP contribution < -0.4 is 10.9 Å². The highest BCUT2D eigenvalue weighted by Crippen LogP contribution is 2.25. The van der Waals surface area contributed by atoms with Gasteiger partial charge in [-0.2, -0.15) is 4.68 Å². The van der Waals surface area contributed by atoms with Gasteiger partial charge in [0.2, 0.25) is 5.91 Å². The van der Waals surface area contributed by atoms with Gasteiger partial charge in [-0.25, -0.2) is 0 Å². The van der Waals surface area contributed by atoms with E-state index in [0.717, 1.165) is 4.68 Å². The van der Waals surface area contributed by atoms with Gasteiger partial charge in [-0.15, -0.1) is 5.10 Å². The summed E-state index contributed by atoms with van der Waals surface area (Å²) in [5.74, 6) is -0.417. The number of anilines is 1. The lowest BCUT2D eigenvalue weighted by Crippen LogP contribution is -2.34. The lowest BCUT2D eigenvalue weighted by molar-refractivity contribution is -0.119. The molecular weight excluding hydrogens is 351 g/mol. The van der Waals surface area contributed by atoms with Crippen molar-refractivity contribution in [3.8, 4) is 0 Å². The summed E-state index contributed by atoms with van der Waals surface area (Å²) in [6.45, 7) is 1.57. The Morgan fingerprint density at radius 1 is 1.17 bits per heavy atom. The number of halogens is 2. The molecule has 0 aliphatic carbocycles. The van der Waals surface area contributed by atoms with Crippen molar-refractivity contribution >= 4 is 45.7 Å². The summed E-state index contributed by atoms with van der Waals surface area (Å²) in [7, 11) is 0. The van der Waals surface area contributed by atoms with Crippen LogP contribution in [-0.2, 0) is 4.79 Å². The molecule has 1 amide bonds. The molecule has 0 aliphatic rings. The fraction of sp³-hybridized carbons (Fsp3) is 0.125. The van der Waals surface area contributed by atoms with Gasteiger partial charge in [0.15, 0.2) is 0 Å². The van der Waals surface area contributed by atoms with E-state index < -0.39 is 11.9 Å². The van der Waals surface area contributed by atoms with Gasteiger partial charge in [0.05, 0.1) is 15.4 Å². The number of carbonyl (C=O) groups excluding carboxylic acids is 1. The Hall–Kier alpha value is -2.44. The first kappa shape index (κ1) is 16.4. The smallest absolute Gasteiger partial charge is 0.278 e. The third-order valence-corrected chi connectivity index (χ3v) is 4.26. The molecule has 122 valence electrons.